The summed E-state index contributed by atoms with van der Waals surface area (Å²) in [7, 11) is 0. The van der Waals surface area contributed by atoms with Crippen molar-refractivity contribution in [2.45, 2.75) is 70.3 Å². The molecule has 1 saturated carbocycles. The summed E-state index contributed by atoms with van der Waals surface area (Å²) in [5.74, 6) is -8.02. The van der Waals surface area contributed by atoms with Crippen molar-refractivity contribution in [2.24, 2.45) is 5.92 Å². The minimum absolute atomic E-state index is 0.00544. The fourth-order valence-electron chi connectivity index (χ4n) is 5.31. The molecule has 3 amide bonds. The molecule has 10 heteroatoms. The molecule has 0 aromatic heterocycles. The van der Waals surface area contributed by atoms with E-state index in [9.17, 15) is 23.2 Å². The molecule has 2 aromatic rings. The molecule has 1 aliphatic carbocycles. The first kappa shape index (κ1) is 28.6. The van der Waals surface area contributed by atoms with E-state index < -0.39 is 34.9 Å². The monoisotopic (exact) mass is 547 g/mol. The summed E-state index contributed by atoms with van der Waals surface area (Å²) in [6.45, 7) is 1.49. The van der Waals surface area contributed by atoms with Gasteiger partial charge in [0.15, 0.2) is 0 Å². The minimum Gasteiger partial charge on any atom is -0.353 e. The van der Waals surface area contributed by atoms with Crippen LogP contribution < -0.4 is 10.6 Å². The molecule has 39 heavy (non-hydrogen) atoms. The Kier molecular flexibility index (Phi) is 8.92. The van der Waals surface area contributed by atoms with E-state index in [1.807, 2.05) is 0 Å². The summed E-state index contributed by atoms with van der Waals surface area (Å²) in [5, 5.41) is 5.42. The lowest BCUT2D eigenvalue weighted by Crippen LogP contribution is -2.50. The van der Waals surface area contributed by atoms with Crippen molar-refractivity contribution in [1.29, 1.82) is 0 Å². The number of carbonyl (C=O) groups is 3. The minimum atomic E-state index is -4.20. The Balaban J connectivity index is 1.36. The quantitative estimate of drug-likeness (QED) is 0.437. The number of piperidine rings is 1. The molecule has 0 radical (unpaired) electrons. The second-order valence-electron chi connectivity index (χ2n) is 10.5. The number of alkyl halides is 2. The van der Waals surface area contributed by atoms with Crippen molar-refractivity contribution in [3.8, 4) is 0 Å². The SMILES string of the molecule is Cc1cc(NC(=O)c2ccc(F)c(C(F)(F)C(=O)N3CCC(NC(=O)CC4CCCCC4)CC3)c2)ccc1F. The van der Waals surface area contributed by atoms with Crippen LogP contribution in [0.2, 0.25) is 0 Å². The van der Waals surface area contributed by atoms with Gasteiger partial charge in [0, 0.05) is 36.8 Å². The fraction of sp³-hybridized carbons (Fsp3) is 0.483. The molecule has 1 saturated heterocycles. The van der Waals surface area contributed by atoms with Gasteiger partial charge in [-0.05, 0) is 80.5 Å². The summed E-state index contributed by atoms with van der Waals surface area (Å²) in [4.78, 5) is 38.8. The third kappa shape index (κ3) is 6.96. The van der Waals surface area contributed by atoms with Crippen LogP contribution in [0.5, 0.6) is 0 Å². The lowest BCUT2D eigenvalue weighted by atomic mass is 9.86. The molecule has 0 spiro atoms. The van der Waals surface area contributed by atoms with Gasteiger partial charge in [-0.3, -0.25) is 14.4 Å². The van der Waals surface area contributed by atoms with E-state index in [1.165, 1.54) is 25.5 Å². The maximum absolute atomic E-state index is 15.3. The van der Waals surface area contributed by atoms with E-state index in [0.717, 1.165) is 48.8 Å². The lowest BCUT2D eigenvalue weighted by Gasteiger charge is -2.34. The van der Waals surface area contributed by atoms with Crippen LogP contribution in [0, 0.1) is 24.5 Å². The van der Waals surface area contributed by atoms with Gasteiger partial charge in [0.25, 0.3) is 11.8 Å². The molecule has 4 rings (SSSR count). The predicted molar refractivity (Wildman–Crippen MR) is 138 cm³/mol. The molecule has 2 aliphatic rings. The summed E-state index contributed by atoms with van der Waals surface area (Å²) in [5.41, 5.74) is -0.961. The molecule has 210 valence electrons. The maximum atomic E-state index is 15.3. The van der Waals surface area contributed by atoms with Crippen LogP contribution in [0.15, 0.2) is 36.4 Å². The zero-order valence-corrected chi connectivity index (χ0v) is 21.9. The molecular weight excluding hydrogens is 514 g/mol. The molecule has 6 nitrogen and oxygen atoms in total. The Bertz CT molecular complexity index is 1220. The number of hydrogen-bond donors (Lipinski definition) is 2. The molecule has 1 heterocycles. The van der Waals surface area contributed by atoms with Gasteiger partial charge in [-0.25, -0.2) is 8.78 Å². The zero-order valence-electron chi connectivity index (χ0n) is 21.9. The Morgan fingerprint density at radius 3 is 2.26 bits per heavy atom. The first-order chi connectivity index (χ1) is 18.5. The molecule has 0 bridgehead atoms. The third-order valence-corrected chi connectivity index (χ3v) is 7.60. The van der Waals surface area contributed by atoms with E-state index >= 15 is 8.78 Å². The Labute approximate surface area is 225 Å². The summed E-state index contributed by atoms with van der Waals surface area (Å²) >= 11 is 0. The number of hydrogen-bond acceptors (Lipinski definition) is 3. The van der Waals surface area contributed by atoms with Gasteiger partial charge >= 0.3 is 5.92 Å². The second kappa shape index (κ2) is 12.2. The van der Waals surface area contributed by atoms with Crippen molar-refractivity contribution in [2.75, 3.05) is 18.4 Å². The van der Waals surface area contributed by atoms with Gasteiger partial charge in [0.2, 0.25) is 5.91 Å². The Morgan fingerprint density at radius 1 is 0.923 bits per heavy atom. The molecule has 1 aliphatic heterocycles. The van der Waals surface area contributed by atoms with Crippen molar-refractivity contribution in [3.05, 3.63) is 64.7 Å². The molecule has 2 N–H and O–H groups in total. The highest BCUT2D eigenvalue weighted by molar-refractivity contribution is 6.04. The fourth-order valence-corrected chi connectivity index (χ4v) is 5.31. The van der Waals surface area contributed by atoms with Gasteiger partial charge in [-0.2, -0.15) is 8.78 Å². The number of aryl methyl sites for hydroxylation is 1. The number of amides is 3. The van der Waals surface area contributed by atoms with Crippen molar-refractivity contribution in [1.82, 2.24) is 10.2 Å². The predicted octanol–water partition coefficient (Wildman–Crippen LogP) is 5.69. The van der Waals surface area contributed by atoms with Gasteiger partial charge in [0.05, 0.1) is 5.56 Å². The number of carbonyl (C=O) groups excluding carboxylic acids is 3. The summed E-state index contributed by atoms with van der Waals surface area (Å²) in [6.07, 6.45) is 6.65. The number of likely N-dealkylation sites (tertiary alicyclic amines) is 1. The molecule has 2 aromatic carbocycles. The normalized spacial score (nSPS) is 17.1. The number of nitrogens with one attached hydrogen (secondary N) is 2. The zero-order chi connectivity index (χ0) is 28.2. The summed E-state index contributed by atoms with van der Waals surface area (Å²) in [6, 6.07) is 6.04. The van der Waals surface area contributed by atoms with Crippen LogP contribution >= 0.6 is 0 Å². The van der Waals surface area contributed by atoms with Crippen LogP contribution in [-0.2, 0) is 15.5 Å². The van der Waals surface area contributed by atoms with E-state index in [1.54, 1.807) is 0 Å². The van der Waals surface area contributed by atoms with Crippen LogP contribution in [0.3, 0.4) is 0 Å². The van der Waals surface area contributed by atoms with Crippen LogP contribution in [-0.4, -0.2) is 41.8 Å². The standard InChI is InChI=1S/C29H33F4N3O3/c1-18-15-22(8-10-24(18)30)35-27(38)20-7-9-25(31)23(17-20)29(32,33)28(39)36-13-11-21(12-14-36)34-26(37)16-19-5-3-2-4-6-19/h7-10,15,17,19,21H,2-6,11-14,16H2,1H3,(H,34,37)(H,35,38). The van der Waals surface area contributed by atoms with Crippen molar-refractivity contribution >= 4 is 23.4 Å². The first-order valence-corrected chi connectivity index (χ1v) is 13.4. The van der Waals surface area contributed by atoms with Crippen LogP contribution in [0.25, 0.3) is 0 Å². The molecule has 2 fully saturated rings. The Hall–Kier alpha value is -3.43. The van der Waals surface area contributed by atoms with E-state index in [2.05, 4.69) is 10.6 Å². The molecule has 0 unspecified atom stereocenters. The average Bonchev–Trinajstić information content (AvgIpc) is 2.91. The highest BCUT2D eigenvalue weighted by Gasteiger charge is 2.47. The lowest BCUT2D eigenvalue weighted by molar-refractivity contribution is -0.160. The van der Waals surface area contributed by atoms with Gasteiger partial charge in [-0.1, -0.05) is 19.3 Å². The van der Waals surface area contributed by atoms with Crippen LogP contribution in [0.1, 0.15) is 72.9 Å². The van der Waals surface area contributed by atoms with Crippen LogP contribution in [0.4, 0.5) is 23.2 Å². The highest BCUT2D eigenvalue weighted by atomic mass is 19.3. The molecular formula is C29H33F4N3O3. The largest absolute Gasteiger partial charge is 0.353 e. The van der Waals surface area contributed by atoms with E-state index in [4.69, 9.17) is 0 Å². The number of nitrogens with zero attached hydrogens (tertiary/aromatic N) is 1. The third-order valence-electron chi connectivity index (χ3n) is 7.60. The van der Waals surface area contributed by atoms with Gasteiger partial charge < -0.3 is 15.5 Å². The molecule has 0 atom stereocenters. The number of anilines is 1. The van der Waals surface area contributed by atoms with Crippen molar-refractivity contribution < 1.29 is 31.9 Å². The average molecular weight is 548 g/mol. The smallest absolute Gasteiger partial charge is 0.352 e. The number of rotatable bonds is 7. The maximum Gasteiger partial charge on any atom is 0.352 e. The van der Waals surface area contributed by atoms with E-state index in [-0.39, 0.29) is 41.9 Å². The summed E-state index contributed by atoms with van der Waals surface area (Å²) < 4.78 is 58.5. The highest BCUT2D eigenvalue weighted by Crippen LogP contribution is 2.34. The number of halogens is 4. The number of benzene rings is 2. The van der Waals surface area contributed by atoms with Crippen molar-refractivity contribution in [3.63, 3.8) is 0 Å². The second-order valence-corrected chi connectivity index (χ2v) is 10.5. The van der Waals surface area contributed by atoms with Gasteiger partial charge in [0.1, 0.15) is 11.6 Å². The topological polar surface area (TPSA) is 78.5 Å². The first-order valence-electron chi connectivity index (χ1n) is 13.4. The van der Waals surface area contributed by atoms with E-state index in [0.29, 0.717) is 31.2 Å². The van der Waals surface area contributed by atoms with Gasteiger partial charge in [-0.15, -0.1) is 0 Å². The Morgan fingerprint density at radius 2 is 1.59 bits per heavy atom.